The number of carbonyl (C=O) groups excluding carboxylic acids is 3. The largest absolute Gasteiger partial charge is 0.483 e. The van der Waals surface area contributed by atoms with E-state index in [0.717, 1.165) is 23.8 Å². The van der Waals surface area contributed by atoms with Crippen molar-refractivity contribution in [3.63, 3.8) is 0 Å². The van der Waals surface area contributed by atoms with Crippen molar-refractivity contribution in [3.8, 4) is 5.75 Å². The molecule has 0 aliphatic rings. The van der Waals surface area contributed by atoms with Crippen molar-refractivity contribution in [1.82, 2.24) is 24.3 Å². The molecule has 0 aliphatic carbocycles. The Morgan fingerprint density at radius 3 is 2.48 bits per heavy atom. The lowest BCUT2D eigenvalue weighted by molar-refractivity contribution is -0.123. The van der Waals surface area contributed by atoms with Crippen molar-refractivity contribution < 1.29 is 51.3 Å². The molecule has 0 bridgehead atoms. The van der Waals surface area contributed by atoms with E-state index in [1.807, 2.05) is 0 Å². The van der Waals surface area contributed by atoms with E-state index in [9.17, 15) is 46.6 Å². The quantitative estimate of drug-likeness (QED) is 0.146. The maximum Gasteiger partial charge on any atom is 0.417 e. The Bertz CT molecular complexity index is 2050. The number of methoxy groups -OCH3 is 1. The van der Waals surface area contributed by atoms with Crippen LogP contribution in [0, 0.1) is 23.3 Å². The fourth-order valence-corrected chi connectivity index (χ4v) is 4.61. The number of benzene rings is 2. The highest BCUT2D eigenvalue weighted by Gasteiger charge is 2.26. The molecule has 2 aromatic carbocycles. The van der Waals surface area contributed by atoms with Crippen LogP contribution in [0.1, 0.15) is 24.2 Å². The van der Waals surface area contributed by atoms with Crippen molar-refractivity contribution in [1.29, 1.82) is 0 Å². The van der Waals surface area contributed by atoms with Gasteiger partial charge in [-0.15, -0.1) is 0 Å². The Labute approximate surface area is 280 Å². The minimum atomic E-state index is -1.68. The predicted molar refractivity (Wildman–Crippen MR) is 169 cm³/mol. The molecule has 14 nitrogen and oxygen atoms in total. The zero-order valence-electron chi connectivity index (χ0n) is 26.7. The molecule has 4 aromatic rings. The van der Waals surface area contributed by atoms with Gasteiger partial charge in [-0.3, -0.25) is 14.4 Å². The summed E-state index contributed by atoms with van der Waals surface area (Å²) >= 11 is 0. The first-order valence-electron chi connectivity index (χ1n) is 14.6. The number of pyridine rings is 1. The average Bonchev–Trinajstić information content (AvgIpc) is 3.42. The highest BCUT2D eigenvalue weighted by atomic mass is 19.2. The third-order valence-electron chi connectivity index (χ3n) is 7.16. The molecule has 50 heavy (non-hydrogen) atoms. The number of carboxylic acid groups (broad SMARTS) is 1. The van der Waals surface area contributed by atoms with Crippen molar-refractivity contribution in [3.05, 3.63) is 99.8 Å². The second kappa shape index (κ2) is 15.8. The molecule has 2 heterocycles. The number of imidazole rings is 1. The number of allylic oxidation sites excluding steroid dienone is 1. The summed E-state index contributed by atoms with van der Waals surface area (Å²) in [7, 11) is 4.19. The van der Waals surface area contributed by atoms with Crippen LogP contribution >= 0.6 is 0 Å². The smallest absolute Gasteiger partial charge is 0.417 e. The van der Waals surface area contributed by atoms with Crippen molar-refractivity contribution in [2.75, 3.05) is 26.5 Å². The zero-order chi connectivity index (χ0) is 36.7. The number of nitrogens with zero attached hydrogens (tertiary/aromatic N) is 4. The molecule has 2 aromatic heterocycles. The first kappa shape index (κ1) is 36.6. The fraction of sp³-hybridized carbons (Fsp3) is 0.250. The second-order valence-corrected chi connectivity index (χ2v) is 10.8. The molecule has 4 rings (SSSR count). The van der Waals surface area contributed by atoms with Gasteiger partial charge >= 0.3 is 12.2 Å². The Balaban J connectivity index is 1.63. The summed E-state index contributed by atoms with van der Waals surface area (Å²) in [5.74, 6) is -7.35. The number of rotatable bonds is 12. The molecule has 0 spiro atoms. The van der Waals surface area contributed by atoms with Crippen LogP contribution in [0.2, 0.25) is 0 Å². The Morgan fingerprint density at radius 1 is 1.08 bits per heavy atom. The molecular weight excluding hydrogens is 672 g/mol. The van der Waals surface area contributed by atoms with E-state index in [-0.39, 0.29) is 30.0 Å². The summed E-state index contributed by atoms with van der Waals surface area (Å²) in [6, 6.07) is 4.44. The second-order valence-electron chi connectivity index (χ2n) is 10.8. The van der Waals surface area contributed by atoms with E-state index < -0.39 is 88.7 Å². The number of aromatic nitrogens is 3. The summed E-state index contributed by atoms with van der Waals surface area (Å²) in [6.07, 6.45) is 1.59. The van der Waals surface area contributed by atoms with Crippen LogP contribution in [-0.4, -0.2) is 75.4 Å². The summed E-state index contributed by atoms with van der Waals surface area (Å²) in [5.41, 5.74) is -2.28. The van der Waals surface area contributed by atoms with Crippen LogP contribution < -0.4 is 20.9 Å². The summed E-state index contributed by atoms with van der Waals surface area (Å²) in [5, 5.41) is 14.7. The van der Waals surface area contributed by atoms with Crippen molar-refractivity contribution in [2.45, 2.75) is 32.0 Å². The van der Waals surface area contributed by atoms with E-state index in [1.54, 1.807) is 14.1 Å². The molecule has 0 aliphatic heterocycles. The number of alkyl carbamates (subject to hydrolysis) is 1. The Kier molecular flexibility index (Phi) is 11.6. The molecule has 0 fully saturated rings. The monoisotopic (exact) mass is 702 g/mol. The lowest BCUT2D eigenvalue weighted by atomic mass is 10.1. The molecule has 3 amide bonds. The highest BCUT2D eigenvalue weighted by Crippen LogP contribution is 2.32. The summed E-state index contributed by atoms with van der Waals surface area (Å²) < 4.78 is 68.4. The van der Waals surface area contributed by atoms with E-state index in [2.05, 4.69) is 20.4 Å². The molecule has 3 N–H and O–H groups in total. The molecule has 0 saturated carbocycles. The maximum absolute atomic E-state index is 14.9. The topological polar surface area (TPSA) is 174 Å². The van der Waals surface area contributed by atoms with Gasteiger partial charge in [-0.1, -0.05) is 6.08 Å². The molecule has 18 heteroatoms. The third kappa shape index (κ3) is 8.44. The van der Waals surface area contributed by atoms with Gasteiger partial charge in [-0.25, -0.2) is 32.3 Å². The van der Waals surface area contributed by atoms with Gasteiger partial charge in [0.1, 0.15) is 41.3 Å². The van der Waals surface area contributed by atoms with Crippen LogP contribution in [0.4, 0.5) is 32.8 Å². The number of amides is 3. The third-order valence-corrected chi connectivity index (χ3v) is 7.16. The standard InChI is InChI=1S/C32H30F4N6O8/c1-40(2)25(43)9-5-4-7-21(38-31(46)49-3)29(44)37-22-8-6-12-41(30(22)45)15-24-39-27-23(42(24)32(47)48)14-20(35)26(36)28(27)50-16-17-10-11-18(33)13-19(17)34/h5-6,8-14,21H,4,7,15-16H2,1-3H3,(H,37,44)(H,38,46)(H,47,48). The molecule has 264 valence electrons. The first-order valence-corrected chi connectivity index (χ1v) is 14.6. The van der Waals surface area contributed by atoms with Crippen LogP contribution in [0.15, 0.2) is 59.5 Å². The molecule has 1 unspecified atom stereocenters. The van der Waals surface area contributed by atoms with E-state index in [1.165, 1.54) is 35.4 Å². The van der Waals surface area contributed by atoms with Crippen LogP contribution in [0.5, 0.6) is 5.75 Å². The average molecular weight is 703 g/mol. The molecule has 1 atom stereocenters. The van der Waals surface area contributed by atoms with Gasteiger partial charge in [-0.05, 0) is 43.2 Å². The van der Waals surface area contributed by atoms with Crippen molar-refractivity contribution in [2.24, 2.45) is 0 Å². The normalized spacial score (nSPS) is 11.7. The molecular formula is C32H30F4N6O8. The highest BCUT2D eigenvalue weighted by molar-refractivity contribution is 5.96. The van der Waals surface area contributed by atoms with Crippen LogP contribution in [-0.2, 0) is 27.5 Å². The number of anilines is 1. The number of hydrogen-bond acceptors (Lipinski definition) is 8. The fourth-order valence-electron chi connectivity index (χ4n) is 4.61. The summed E-state index contributed by atoms with van der Waals surface area (Å²) in [6.45, 7) is -1.29. The number of fused-ring (bicyclic) bond motifs is 1. The lowest BCUT2D eigenvalue weighted by Crippen LogP contribution is -2.44. The maximum atomic E-state index is 14.9. The number of nitrogens with one attached hydrogen (secondary N) is 2. The lowest BCUT2D eigenvalue weighted by Gasteiger charge is -2.17. The van der Waals surface area contributed by atoms with Crippen LogP contribution in [0.25, 0.3) is 11.0 Å². The van der Waals surface area contributed by atoms with Gasteiger partial charge in [-0.2, -0.15) is 4.39 Å². The number of ether oxygens (including phenoxy) is 2. The van der Waals surface area contributed by atoms with Gasteiger partial charge in [0, 0.05) is 38.0 Å². The molecule has 0 radical (unpaired) electrons. The van der Waals surface area contributed by atoms with Crippen molar-refractivity contribution >= 4 is 40.7 Å². The minimum Gasteiger partial charge on any atom is -0.483 e. The van der Waals surface area contributed by atoms with Gasteiger partial charge in [0.15, 0.2) is 11.6 Å². The Hall–Kier alpha value is -6.20. The predicted octanol–water partition coefficient (Wildman–Crippen LogP) is 4.00. The zero-order valence-corrected chi connectivity index (χ0v) is 26.7. The number of halogens is 4. The van der Waals surface area contributed by atoms with E-state index in [4.69, 9.17) is 4.74 Å². The van der Waals surface area contributed by atoms with Crippen LogP contribution in [0.3, 0.4) is 0 Å². The van der Waals surface area contributed by atoms with E-state index in [0.29, 0.717) is 16.7 Å². The Morgan fingerprint density at radius 2 is 1.82 bits per heavy atom. The SMILES string of the molecule is COC(=O)NC(CCC=CC(=O)N(C)C)C(=O)Nc1cccn(Cc2nc3c(OCc4ccc(F)cc4F)c(F)c(F)cc3n2C(=O)O)c1=O. The number of hydrogen-bond donors (Lipinski definition) is 3. The van der Waals surface area contributed by atoms with Gasteiger partial charge in [0.25, 0.3) is 5.56 Å². The summed E-state index contributed by atoms with van der Waals surface area (Å²) in [4.78, 5) is 67.9. The first-order chi connectivity index (χ1) is 23.7. The minimum absolute atomic E-state index is 0.00707. The van der Waals surface area contributed by atoms with Gasteiger partial charge in [0.05, 0.1) is 19.2 Å². The van der Waals surface area contributed by atoms with Gasteiger partial charge in [0.2, 0.25) is 17.6 Å². The number of likely N-dealkylation sites (N-methyl/N-ethyl adjacent to an activating group) is 1. The van der Waals surface area contributed by atoms with Gasteiger partial charge < -0.3 is 34.7 Å². The molecule has 0 saturated heterocycles. The number of carbonyl (C=O) groups is 4. The van der Waals surface area contributed by atoms with E-state index >= 15 is 0 Å².